The van der Waals surface area contributed by atoms with E-state index in [2.05, 4.69) is 69.5 Å². The maximum atomic E-state index is 6.23. The average molecular weight is 521 g/mol. The molecule has 0 bridgehead atoms. The fraction of sp³-hybridized carbons (Fsp3) is 0. The van der Waals surface area contributed by atoms with Gasteiger partial charge < -0.3 is 8.83 Å². The van der Waals surface area contributed by atoms with Gasteiger partial charge in [-0.25, -0.2) is 19.9 Å². The molecular formula is C32H16N4O2S. The van der Waals surface area contributed by atoms with Crippen LogP contribution in [0.5, 0.6) is 0 Å². The lowest BCUT2D eigenvalue weighted by molar-refractivity contribution is 0.666. The Hall–Kier alpha value is -5.14. The maximum absolute atomic E-state index is 6.23. The predicted octanol–water partition coefficient (Wildman–Crippen LogP) is 8.77. The molecule has 0 saturated carbocycles. The van der Waals surface area contributed by atoms with E-state index in [0.29, 0.717) is 5.58 Å². The number of furan rings is 2. The van der Waals surface area contributed by atoms with Crippen molar-refractivity contribution in [1.82, 2.24) is 19.9 Å². The van der Waals surface area contributed by atoms with E-state index in [-0.39, 0.29) is 0 Å². The van der Waals surface area contributed by atoms with Gasteiger partial charge in [0.05, 0.1) is 22.1 Å². The number of thiophene rings is 1. The maximum Gasteiger partial charge on any atom is 0.172 e. The normalized spacial score (nSPS) is 12.1. The van der Waals surface area contributed by atoms with E-state index in [1.807, 2.05) is 24.3 Å². The molecule has 9 aromatic rings. The molecule has 182 valence electrons. The molecule has 0 N–H and O–H groups in total. The van der Waals surface area contributed by atoms with Crippen LogP contribution in [0.4, 0.5) is 0 Å². The van der Waals surface area contributed by atoms with E-state index >= 15 is 0 Å². The standard InChI is InChI=1S/C32H16N4O2S/c1-2-7-27-20(4-1)30-32(39-27)28(35-16-36-30)18-9-11-25-23(13-18)22-12-17(8-10-24(22)37-25)19-5-3-6-21-29-26(38-31(19)21)14-33-15-34-29/h1-16H. The number of benzene rings is 4. The molecule has 0 unspecified atom stereocenters. The zero-order valence-electron chi connectivity index (χ0n) is 20.3. The largest absolute Gasteiger partial charge is 0.456 e. The van der Waals surface area contributed by atoms with Crippen molar-refractivity contribution in [3.05, 3.63) is 97.7 Å². The Balaban J connectivity index is 1.26. The Morgan fingerprint density at radius 3 is 2.31 bits per heavy atom. The summed E-state index contributed by atoms with van der Waals surface area (Å²) in [5.41, 5.74) is 8.97. The van der Waals surface area contributed by atoms with E-state index in [1.165, 1.54) is 4.70 Å². The van der Waals surface area contributed by atoms with E-state index in [0.717, 1.165) is 76.4 Å². The van der Waals surface area contributed by atoms with Gasteiger partial charge in [-0.15, -0.1) is 11.3 Å². The van der Waals surface area contributed by atoms with Crippen LogP contribution in [0.2, 0.25) is 0 Å². The predicted molar refractivity (Wildman–Crippen MR) is 156 cm³/mol. The monoisotopic (exact) mass is 520 g/mol. The van der Waals surface area contributed by atoms with Gasteiger partial charge >= 0.3 is 0 Å². The minimum Gasteiger partial charge on any atom is -0.456 e. The molecule has 39 heavy (non-hydrogen) atoms. The van der Waals surface area contributed by atoms with Crippen LogP contribution < -0.4 is 0 Å². The molecule has 0 fully saturated rings. The molecule has 0 aliphatic heterocycles. The van der Waals surface area contributed by atoms with Crippen molar-refractivity contribution in [1.29, 1.82) is 0 Å². The summed E-state index contributed by atoms with van der Waals surface area (Å²) >= 11 is 1.73. The molecule has 9 rings (SSSR count). The van der Waals surface area contributed by atoms with Gasteiger partial charge in [0.1, 0.15) is 34.9 Å². The first-order chi connectivity index (χ1) is 19.3. The molecular weight excluding hydrogens is 504 g/mol. The number of para-hydroxylation sites is 1. The van der Waals surface area contributed by atoms with E-state index in [1.54, 1.807) is 30.2 Å². The first kappa shape index (κ1) is 20.9. The highest BCUT2D eigenvalue weighted by Gasteiger charge is 2.17. The number of nitrogens with zero attached hydrogens (tertiary/aromatic N) is 4. The second-order valence-corrected chi connectivity index (χ2v) is 10.6. The third-order valence-electron chi connectivity index (χ3n) is 7.37. The highest BCUT2D eigenvalue weighted by atomic mass is 32.1. The second-order valence-electron chi connectivity index (χ2n) is 9.54. The highest BCUT2D eigenvalue weighted by molar-refractivity contribution is 7.26. The van der Waals surface area contributed by atoms with Crippen molar-refractivity contribution in [3.63, 3.8) is 0 Å². The van der Waals surface area contributed by atoms with Crippen molar-refractivity contribution in [2.24, 2.45) is 0 Å². The van der Waals surface area contributed by atoms with E-state index < -0.39 is 0 Å². The number of aromatic nitrogens is 4. The molecule has 0 amide bonds. The van der Waals surface area contributed by atoms with Crippen molar-refractivity contribution >= 4 is 75.6 Å². The second kappa shape index (κ2) is 7.69. The average Bonchev–Trinajstić information content (AvgIpc) is 3.67. The Morgan fingerprint density at radius 2 is 1.38 bits per heavy atom. The SMILES string of the molecule is c1ccc2c(c1)sc1c(-c3ccc4oc5ccc(-c6cccc7c6oc6cncnc67)cc5c4c3)ncnc12. The summed E-state index contributed by atoms with van der Waals surface area (Å²) in [6, 6.07) is 27.1. The molecule has 0 aliphatic carbocycles. The zero-order valence-corrected chi connectivity index (χ0v) is 21.1. The van der Waals surface area contributed by atoms with Crippen LogP contribution >= 0.6 is 11.3 Å². The van der Waals surface area contributed by atoms with Gasteiger partial charge in [0.2, 0.25) is 0 Å². The van der Waals surface area contributed by atoms with Crippen molar-refractivity contribution in [3.8, 4) is 22.4 Å². The summed E-state index contributed by atoms with van der Waals surface area (Å²) in [4.78, 5) is 17.9. The van der Waals surface area contributed by atoms with Gasteiger partial charge in [0, 0.05) is 37.4 Å². The molecule has 7 heteroatoms. The first-order valence-electron chi connectivity index (χ1n) is 12.5. The summed E-state index contributed by atoms with van der Waals surface area (Å²) in [6.07, 6.45) is 4.92. The topological polar surface area (TPSA) is 77.8 Å². The Labute approximate surface area is 224 Å². The van der Waals surface area contributed by atoms with E-state index in [4.69, 9.17) is 13.8 Å². The fourth-order valence-corrected chi connectivity index (χ4v) is 6.75. The van der Waals surface area contributed by atoms with Crippen LogP contribution in [0.1, 0.15) is 0 Å². The van der Waals surface area contributed by atoms with Gasteiger partial charge in [-0.2, -0.15) is 0 Å². The molecule has 0 aliphatic rings. The molecule has 0 saturated heterocycles. The summed E-state index contributed by atoms with van der Waals surface area (Å²) in [5, 5.41) is 4.21. The summed E-state index contributed by atoms with van der Waals surface area (Å²) < 4.78 is 14.7. The van der Waals surface area contributed by atoms with Crippen LogP contribution in [0.3, 0.4) is 0 Å². The lowest BCUT2D eigenvalue weighted by atomic mass is 10.00. The van der Waals surface area contributed by atoms with Crippen LogP contribution in [0.15, 0.2) is 107 Å². The highest BCUT2D eigenvalue weighted by Crippen LogP contribution is 2.41. The summed E-state index contributed by atoms with van der Waals surface area (Å²) in [5.74, 6) is 0. The lowest BCUT2D eigenvalue weighted by Crippen LogP contribution is -1.86. The Kier molecular flexibility index (Phi) is 4.11. The quantitative estimate of drug-likeness (QED) is 0.227. The van der Waals surface area contributed by atoms with Gasteiger partial charge in [-0.3, -0.25) is 0 Å². The number of rotatable bonds is 2. The van der Waals surface area contributed by atoms with Crippen LogP contribution in [0, 0.1) is 0 Å². The molecule has 0 radical (unpaired) electrons. The van der Waals surface area contributed by atoms with Crippen molar-refractivity contribution in [2.45, 2.75) is 0 Å². The molecule has 0 spiro atoms. The van der Waals surface area contributed by atoms with Gasteiger partial charge in [0.15, 0.2) is 5.58 Å². The van der Waals surface area contributed by atoms with Crippen LogP contribution in [0.25, 0.3) is 86.7 Å². The molecule has 4 aromatic carbocycles. The van der Waals surface area contributed by atoms with Crippen molar-refractivity contribution < 1.29 is 8.83 Å². The van der Waals surface area contributed by atoms with Gasteiger partial charge in [-0.1, -0.05) is 36.4 Å². The molecule has 5 heterocycles. The number of hydrogen-bond donors (Lipinski definition) is 0. The van der Waals surface area contributed by atoms with Crippen LogP contribution in [-0.2, 0) is 0 Å². The van der Waals surface area contributed by atoms with Gasteiger partial charge in [0.25, 0.3) is 0 Å². The Bertz CT molecular complexity index is 2250. The minimum absolute atomic E-state index is 0.678. The molecule has 0 atom stereocenters. The molecule has 5 aromatic heterocycles. The number of fused-ring (bicyclic) bond motifs is 9. The first-order valence-corrected chi connectivity index (χ1v) is 13.3. The van der Waals surface area contributed by atoms with Crippen molar-refractivity contribution in [2.75, 3.05) is 0 Å². The minimum atomic E-state index is 0.678. The van der Waals surface area contributed by atoms with E-state index in [9.17, 15) is 0 Å². The Morgan fingerprint density at radius 1 is 0.590 bits per heavy atom. The third-order valence-corrected chi connectivity index (χ3v) is 8.54. The number of hydrogen-bond acceptors (Lipinski definition) is 7. The lowest BCUT2D eigenvalue weighted by Gasteiger charge is -2.04. The summed E-state index contributed by atoms with van der Waals surface area (Å²) in [7, 11) is 0. The third kappa shape index (κ3) is 2.96. The summed E-state index contributed by atoms with van der Waals surface area (Å²) in [6.45, 7) is 0. The van der Waals surface area contributed by atoms with Gasteiger partial charge in [-0.05, 0) is 48.0 Å². The zero-order chi connectivity index (χ0) is 25.5. The van der Waals surface area contributed by atoms with Crippen LogP contribution in [-0.4, -0.2) is 19.9 Å². The smallest absolute Gasteiger partial charge is 0.172 e. The molecule has 6 nitrogen and oxygen atoms in total. The fourth-order valence-electron chi connectivity index (χ4n) is 5.59.